The smallest absolute Gasteiger partial charge is 0.254 e. The van der Waals surface area contributed by atoms with Crippen LogP contribution in [0.3, 0.4) is 0 Å². The van der Waals surface area contributed by atoms with E-state index < -0.39 is 11.6 Å². The molecule has 1 amide bonds. The van der Waals surface area contributed by atoms with Gasteiger partial charge in [0.05, 0.1) is 22.9 Å². The number of rotatable bonds is 2. The third-order valence-corrected chi connectivity index (χ3v) is 7.56. The van der Waals surface area contributed by atoms with Crippen molar-refractivity contribution >= 4 is 32.7 Å². The van der Waals surface area contributed by atoms with Crippen molar-refractivity contribution in [2.75, 3.05) is 0 Å². The molecule has 172 valence electrons. The van der Waals surface area contributed by atoms with Gasteiger partial charge in [-0.1, -0.05) is 6.07 Å². The van der Waals surface area contributed by atoms with Gasteiger partial charge >= 0.3 is 0 Å². The predicted octanol–water partition coefficient (Wildman–Crippen LogP) is 5.97. The summed E-state index contributed by atoms with van der Waals surface area (Å²) in [6.45, 7) is 0. The van der Waals surface area contributed by atoms with E-state index in [9.17, 15) is 13.6 Å². The fraction of sp³-hybridized carbons (Fsp3) is 0.269. The molecule has 2 bridgehead atoms. The van der Waals surface area contributed by atoms with E-state index in [0.717, 1.165) is 57.7 Å². The lowest BCUT2D eigenvalue weighted by atomic mass is 9.81. The Hall–Kier alpha value is -3.13. The highest BCUT2D eigenvalue weighted by molar-refractivity contribution is 9.10. The number of carbonyl (C=O) groups excluding carboxylic acids is 1. The summed E-state index contributed by atoms with van der Waals surface area (Å²) in [6, 6.07) is 10.9. The Kier molecular flexibility index (Phi) is 5.02. The van der Waals surface area contributed by atoms with E-state index in [1.54, 1.807) is 17.9 Å². The minimum absolute atomic E-state index is 0.00322. The van der Waals surface area contributed by atoms with Crippen LogP contribution in [0.25, 0.3) is 22.2 Å². The number of aryl methyl sites for hydroxylation is 1. The minimum Gasteiger partial charge on any atom is -0.327 e. The fourth-order valence-electron chi connectivity index (χ4n) is 5.62. The first-order chi connectivity index (χ1) is 16.4. The Bertz CT molecular complexity index is 1450. The van der Waals surface area contributed by atoms with Gasteiger partial charge in [0, 0.05) is 51.9 Å². The predicted molar refractivity (Wildman–Crippen MR) is 128 cm³/mol. The summed E-state index contributed by atoms with van der Waals surface area (Å²) in [5, 5.41) is 5.66. The van der Waals surface area contributed by atoms with Crippen molar-refractivity contribution in [1.82, 2.24) is 19.7 Å². The molecule has 2 atom stereocenters. The topological polar surface area (TPSA) is 51.0 Å². The molecule has 6 rings (SSSR count). The van der Waals surface area contributed by atoms with Crippen molar-refractivity contribution in [3.05, 3.63) is 81.6 Å². The Labute approximate surface area is 203 Å². The van der Waals surface area contributed by atoms with Gasteiger partial charge in [0.2, 0.25) is 0 Å². The zero-order chi connectivity index (χ0) is 23.6. The summed E-state index contributed by atoms with van der Waals surface area (Å²) in [5.41, 5.74) is 4.42. The number of benzene rings is 2. The Morgan fingerprint density at radius 3 is 2.71 bits per heavy atom. The number of fused-ring (bicyclic) bond motifs is 5. The molecule has 4 aromatic rings. The maximum atomic E-state index is 14.0. The first-order valence-electron chi connectivity index (χ1n) is 11.3. The van der Waals surface area contributed by atoms with Crippen molar-refractivity contribution in [3.8, 4) is 11.3 Å². The van der Waals surface area contributed by atoms with E-state index in [4.69, 9.17) is 5.10 Å². The molecule has 2 unspecified atom stereocenters. The van der Waals surface area contributed by atoms with E-state index >= 15 is 0 Å². The van der Waals surface area contributed by atoms with Crippen LogP contribution in [-0.2, 0) is 13.5 Å². The van der Waals surface area contributed by atoms with Crippen LogP contribution in [-0.4, -0.2) is 31.6 Å². The maximum Gasteiger partial charge on any atom is 0.254 e. The molecule has 34 heavy (non-hydrogen) atoms. The molecule has 0 radical (unpaired) electrons. The summed E-state index contributed by atoms with van der Waals surface area (Å²) in [6.07, 6.45) is 5.02. The number of amides is 1. The summed E-state index contributed by atoms with van der Waals surface area (Å²) < 4.78 is 30.4. The van der Waals surface area contributed by atoms with Gasteiger partial charge in [-0.05, 0) is 71.9 Å². The molecule has 0 saturated carbocycles. The van der Waals surface area contributed by atoms with E-state index in [0.29, 0.717) is 17.5 Å². The highest BCUT2D eigenvalue weighted by Gasteiger charge is 2.43. The number of hydrogen-bond donors (Lipinski definition) is 0. The molecule has 2 aliphatic heterocycles. The summed E-state index contributed by atoms with van der Waals surface area (Å²) >= 11 is 3.57. The molecule has 2 aromatic heterocycles. The SMILES string of the molecule is Cn1nc2c(c1-c1cc(F)cc(F)c1)CC1CCCC2N1C(=O)c1cc(Br)c2ncccc2c1. The molecule has 8 heteroatoms. The normalized spacial score (nSPS) is 19.4. The highest BCUT2D eigenvalue weighted by atomic mass is 79.9. The number of pyridine rings is 1. The molecule has 1 fully saturated rings. The van der Waals surface area contributed by atoms with Crippen LogP contribution in [0.1, 0.15) is 46.9 Å². The van der Waals surface area contributed by atoms with Crippen LogP contribution in [0.5, 0.6) is 0 Å². The fourth-order valence-corrected chi connectivity index (χ4v) is 6.20. The molecule has 2 aliphatic rings. The van der Waals surface area contributed by atoms with Crippen LogP contribution in [0.4, 0.5) is 8.78 Å². The average molecular weight is 523 g/mol. The first kappa shape index (κ1) is 21.4. The molecule has 4 heterocycles. The van der Waals surface area contributed by atoms with E-state index in [1.807, 2.05) is 29.2 Å². The van der Waals surface area contributed by atoms with Crippen molar-refractivity contribution < 1.29 is 13.6 Å². The van der Waals surface area contributed by atoms with Gasteiger partial charge in [-0.25, -0.2) is 8.78 Å². The number of aromatic nitrogens is 3. The Morgan fingerprint density at radius 2 is 1.91 bits per heavy atom. The van der Waals surface area contributed by atoms with Gasteiger partial charge in [-0.2, -0.15) is 5.10 Å². The summed E-state index contributed by atoms with van der Waals surface area (Å²) in [5.74, 6) is -1.26. The maximum absolute atomic E-state index is 14.0. The average Bonchev–Trinajstić information content (AvgIpc) is 3.13. The van der Waals surface area contributed by atoms with Gasteiger partial charge in [-0.3, -0.25) is 14.5 Å². The first-order valence-corrected chi connectivity index (χ1v) is 12.1. The molecule has 2 aromatic carbocycles. The minimum atomic E-state index is -0.617. The molecular formula is C26H21BrF2N4O. The van der Waals surface area contributed by atoms with E-state index in [-0.39, 0.29) is 18.0 Å². The standard InChI is InChI=1S/C26H21BrF2N4O/c1-32-25(15-9-17(28)12-18(29)10-15)20-13-19-5-2-6-22(24(20)31-32)33(19)26(34)16-8-14-4-3-7-30-23(14)21(27)11-16/h3-4,7-12,19,22H,2,5-6,13H2,1H3. The summed E-state index contributed by atoms with van der Waals surface area (Å²) in [7, 11) is 1.79. The molecule has 5 nitrogen and oxygen atoms in total. The number of hydrogen-bond acceptors (Lipinski definition) is 3. The van der Waals surface area contributed by atoms with Gasteiger partial charge in [0.15, 0.2) is 0 Å². The van der Waals surface area contributed by atoms with Gasteiger partial charge in [0.1, 0.15) is 11.6 Å². The third-order valence-electron chi connectivity index (χ3n) is 6.95. The number of halogens is 3. The lowest BCUT2D eigenvalue weighted by Gasteiger charge is -2.45. The van der Waals surface area contributed by atoms with Crippen LogP contribution in [0.15, 0.2) is 53.1 Å². The van der Waals surface area contributed by atoms with Crippen molar-refractivity contribution in [2.24, 2.45) is 7.05 Å². The lowest BCUT2D eigenvalue weighted by Crippen LogP contribution is -2.49. The zero-order valence-corrected chi connectivity index (χ0v) is 20.0. The lowest BCUT2D eigenvalue weighted by molar-refractivity contribution is 0.0392. The number of carbonyl (C=O) groups is 1. The van der Waals surface area contributed by atoms with Crippen molar-refractivity contribution in [3.63, 3.8) is 0 Å². The Morgan fingerprint density at radius 1 is 1.12 bits per heavy atom. The quantitative estimate of drug-likeness (QED) is 0.326. The number of nitrogens with zero attached hydrogens (tertiary/aromatic N) is 4. The molecule has 0 aliphatic carbocycles. The van der Waals surface area contributed by atoms with Gasteiger partial charge in [-0.15, -0.1) is 0 Å². The van der Waals surface area contributed by atoms with Crippen molar-refractivity contribution in [1.29, 1.82) is 0 Å². The zero-order valence-electron chi connectivity index (χ0n) is 18.4. The van der Waals surface area contributed by atoms with Gasteiger partial charge in [0.25, 0.3) is 5.91 Å². The van der Waals surface area contributed by atoms with Crippen LogP contribution < -0.4 is 0 Å². The second-order valence-corrected chi connectivity index (χ2v) is 9.90. The second kappa shape index (κ2) is 7.98. The van der Waals surface area contributed by atoms with Crippen molar-refractivity contribution in [2.45, 2.75) is 37.8 Å². The van der Waals surface area contributed by atoms with E-state index in [2.05, 4.69) is 20.9 Å². The second-order valence-electron chi connectivity index (χ2n) is 9.04. The monoisotopic (exact) mass is 522 g/mol. The summed E-state index contributed by atoms with van der Waals surface area (Å²) in [4.78, 5) is 20.2. The molecule has 0 N–H and O–H groups in total. The largest absolute Gasteiger partial charge is 0.327 e. The number of piperidine rings is 1. The third kappa shape index (κ3) is 3.35. The van der Waals surface area contributed by atoms with E-state index in [1.165, 1.54) is 12.1 Å². The van der Waals surface area contributed by atoms with Crippen LogP contribution in [0, 0.1) is 11.6 Å². The highest BCUT2D eigenvalue weighted by Crippen LogP contribution is 2.45. The molecular weight excluding hydrogens is 502 g/mol. The van der Waals surface area contributed by atoms with Crippen LogP contribution >= 0.6 is 15.9 Å². The Balaban J connectivity index is 1.44. The van der Waals surface area contributed by atoms with Crippen LogP contribution in [0.2, 0.25) is 0 Å². The molecule has 1 saturated heterocycles. The van der Waals surface area contributed by atoms with Gasteiger partial charge < -0.3 is 4.90 Å². The molecule has 0 spiro atoms.